The van der Waals surface area contributed by atoms with Crippen molar-refractivity contribution in [1.29, 1.82) is 0 Å². The number of carboxylic acid groups (broad SMARTS) is 1. The molecular weight excluding hydrogens is 285 g/mol. The first-order chi connectivity index (χ1) is 9.52. The summed E-state index contributed by atoms with van der Waals surface area (Å²) in [6.07, 6.45) is 0. The predicted octanol–water partition coefficient (Wildman–Crippen LogP) is 2.85. The van der Waals surface area contributed by atoms with Gasteiger partial charge in [-0.25, -0.2) is 9.18 Å². The first kappa shape index (κ1) is 14.0. The van der Waals surface area contributed by atoms with Crippen LogP contribution >= 0.6 is 11.3 Å². The van der Waals surface area contributed by atoms with Gasteiger partial charge in [-0.15, -0.1) is 11.3 Å². The van der Waals surface area contributed by atoms with Gasteiger partial charge in [-0.05, 0) is 23.6 Å². The maximum atomic E-state index is 13.7. The molecule has 0 spiro atoms. The Balaban J connectivity index is 2.24. The van der Waals surface area contributed by atoms with E-state index in [0.29, 0.717) is 5.75 Å². The Bertz CT molecular complexity index is 668. The van der Waals surface area contributed by atoms with Crippen LogP contribution in [-0.2, 0) is 0 Å². The smallest absolute Gasteiger partial charge is 0.338 e. The van der Waals surface area contributed by atoms with E-state index < -0.39 is 17.7 Å². The SMILES string of the molecule is COc1ccc(C(=O)Nc2sccc2C(=O)O)c(F)c1. The molecule has 2 aromatic rings. The molecule has 0 radical (unpaired) electrons. The number of amides is 1. The zero-order valence-electron chi connectivity index (χ0n) is 10.3. The molecule has 1 aromatic heterocycles. The molecule has 2 rings (SSSR count). The number of hydrogen-bond acceptors (Lipinski definition) is 4. The van der Waals surface area contributed by atoms with E-state index >= 15 is 0 Å². The molecule has 1 aromatic carbocycles. The third kappa shape index (κ3) is 2.77. The standard InChI is InChI=1S/C13H10FNO4S/c1-19-7-2-3-8(10(14)6-7)11(16)15-12-9(13(17)18)4-5-20-12/h2-6H,1H3,(H,15,16)(H,17,18). The summed E-state index contributed by atoms with van der Waals surface area (Å²) in [5, 5.41) is 13.0. The maximum Gasteiger partial charge on any atom is 0.338 e. The van der Waals surface area contributed by atoms with Gasteiger partial charge in [0.25, 0.3) is 5.91 Å². The molecule has 5 nitrogen and oxygen atoms in total. The maximum absolute atomic E-state index is 13.7. The Morgan fingerprint density at radius 1 is 1.30 bits per heavy atom. The average Bonchev–Trinajstić information content (AvgIpc) is 2.86. The molecule has 0 saturated heterocycles. The molecule has 0 atom stereocenters. The number of methoxy groups -OCH3 is 1. The van der Waals surface area contributed by atoms with Gasteiger partial charge in [0.1, 0.15) is 16.6 Å². The van der Waals surface area contributed by atoms with E-state index in [1.165, 1.54) is 30.7 Å². The lowest BCUT2D eigenvalue weighted by molar-refractivity contribution is 0.0698. The van der Waals surface area contributed by atoms with Crippen LogP contribution in [0.25, 0.3) is 0 Å². The van der Waals surface area contributed by atoms with Crippen molar-refractivity contribution in [3.63, 3.8) is 0 Å². The predicted molar refractivity (Wildman–Crippen MR) is 72.2 cm³/mol. The number of carboxylic acids is 1. The highest BCUT2D eigenvalue weighted by atomic mass is 32.1. The Hall–Kier alpha value is -2.41. The zero-order valence-corrected chi connectivity index (χ0v) is 11.2. The summed E-state index contributed by atoms with van der Waals surface area (Å²) in [7, 11) is 1.39. The second-order valence-electron chi connectivity index (χ2n) is 3.77. The number of benzene rings is 1. The quantitative estimate of drug-likeness (QED) is 0.909. The molecule has 1 amide bonds. The van der Waals surface area contributed by atoms with Gasteiger partial charge in [0.2, 0.25) is 0 Å². The Kier molecular flexibility index (Phi) is 3.99. The van der Waals surface area contributed by atoms with Crippen LogP contribution in [0.4, 0.5) is 9.39 Å². The molecule has 0 saturated carbocycles. The van der Waals surface area contributed by atoms with E-state index in [1.807, 2.05) is 0 Å². The molecule has 7 heteroatoms. The van der Waals surface area contributed by atoms with Gasteiger partial charge in [-0.3, -0.25) is 4.79 Å². The van der Waals surface area contributed by atoms with Crippen LogP contribution in [0, 0.1) is 5.82 Å². The molecule has 20 heavy (non-hydrogen) atoms. The number of aromatic carboxylic acids is 1. The number of rotatable bonds is 4. The van der Waals surface area contributed by atoms with Crippen LogP contribution < -0.4 is 10.1 Å². The van der Waals surface area contributed by atoms with Crippen molar-refractivity contribution >= 4 is 28.2 Å². The second kappa shape index (κ2) is 5.70. The number of ether oxygens (including phenoxy) is 1. The van der Waals surface area contributed by atoms with E-state index in [9.17, 15) is 14.0 Å². The van der Waals surface area contributed by atoms with Crippen molar-refractivity contribution in [1.82, 2.24) is 0 Å². The highest BCUT2D eigenvalue weighted by molar-refractivity contribution is 7.14. The number of hydrogen-bond donors (Lipinski definition) is 2. The van der Waals surface area contributed by atoms with Crippen molar-refractivity contribution in [2.75, 3.05) is 12.4 Å². The molecule has 0 aliphatic rings. The van der Waals surface area contributed by atoms with Gasteiger partial charge < -0.3 is 15.2 Å². The normalized spacial score (nSPS) is 10.1. The molecule has 104 valence electrons. The van der Waals surface area contributed by atoms with Crippen LogP contribution in [0.1, 0.15) is 20.7 Å². The van der Waals surface area contributed by atoms with Crippen LogP contribution in [0.15, 0.2) is 29.6 Å². The summed E-state index contributed by atoms with van der Waals surface area (Å²) < 4.78 is 18.6. The van der Waals surface area contributed by atoms with Crippen molar-refractivity contribution in [2.45, 2.75) is 0 Å². The van der Waals surface area contributed by atoms with Gasteiger partial charge in [0.05, 0.1) is 18.2 Å². The Labute approximate surface area is 117 Å². The van der Waals surface area contributed by atoms with Gasteiger partial charge >= 0.3 is 5.97 Å². The minimum absolute atomic E-state index is 0.0303. The van der Waals surface area contributed by atoms with E-state index in [-0.39, 0.29) is 16.1 Å². The molecule has 0 aliphatic heterocycles. The number of carbonyl (C=O) groups is 2. The molecule has 0 fully saturated rings. The lowest BCUT2D eigenvalue weighted by atomic mass is 10.2. The van der Waals surface area contributed by atoms with Crippen LogP contribution in [0.2, 0.25) is 0 Å². The minimum atomic E-state index is -1.16. The largest absolute Gasteiger partial charge is 0.497 e. The topological polar surface area (TPSA) is 75.6 Å². The molecule has 0 bridgehead atoms. The number of anilines is 1. The van der Waals surface area contributed by atoms with E-state index in [2.05, 4.69) is 5.32 Å². The Morgan fingerprint density at radius 2 is 2.05 bits per heavy atom. The van der Waals surface area contributed by atoms with Crippen LogP contribution in [-0.4, -0.2) is 24.1 Å². The highest BCUT2D eigenvalue weighted by Crippen LogP contribution is 2.24. The summed E-state index contributed by atoms with van der Waals surface area (Å²) in [6.45, 7) is 0. The second-order valence-corrected chi connectivity index (χ2v) is 4.68. The number of carbonyl (C=O) groups excluding carboxylic acids is 1. The highest BCUT2D eigenvalue weighted by Gasteiger charge is 2.17. The molecular formula is C13H10FNO4S. The number of halogens is 1. The third-order valence-electron chi connectivity index (χ3n) is 2.54. The first-order valence-corrected chi connectivity index (χ1v) is 6.36. The monoisotopic (exact) mass is 295 g/mol. The molecule has 2 N–H and O–H groups in total. The van der Waals surface area contributed by atoms with Crippen molar-refractivity contribution in [3.05, 3.63) is 46.6 Å². The van der Waals surface area contributed by atoms with Gasteiger partial charge in [0.15, 0.2) is 0 Å². The van der Waals surface area contributed by atoms with Gasteiger partial charge in [0, 0.05) is 6.07 Å². The van der Waals surface area contributed by atoms with Crippen LogP contribution in [0.3, 0.4) is 0 Å². The third-order valence-corrected chi connectivity index (χ3v) is 3.37. The van der Waals surface area contributed by atoms with Gasteiger partial charge in [-0.1, -0.05) is 0 Å². The van der Waals surface area contributed by atoms with Crippen molar-refractivity contribution in [3.8, 4) is 5.75 Å². The minimum Gasteiger partial charge on any atom is -0.497 e. The van der Waals surface area contributed by atoms with E-state index in [0.717, 1.165) is 17.4 Å². The number of nitrogens with one attached hydrogen (secondary N) is 1. The summed E-state index contributed by atoms with van der Waals surface area (Å²) >= 11 is 1.05. The fraction of sp³-hybridized carbons (Fsp3) is 0.0769. The summed E-state index contributed by atoms with van der Waals surface area (Å²) in [5.74, 6) is -2.32. The van der Waals surface area contributed by atoms with E-state index in [4.69, 9.17) is 9.84 Å². The zero-order chi connectivity index (χ0) is 14.7. The fourth-order valence-electron chi connectivity index (χ4n) is 1.55. The summed E-state index contributed by atoms with van der Waals surface area (Å²) in [6, 6.07) is 5.18. The summed E-state index contributed by atoms with van der Waals surface area (Å²) in [4.78, 5) is 22.8. The van der Waals surface area contributed by atoms with Crippen LogP contribution in [0.5, 0.6) is 5.75 Å². The van der Waals surface area contributed by atoms with E-state index in [1.54, 1.807) is 0 Å². The molecule has 1 heterocycles. The summed E-state index contributed by atoms with van der Waals surface area (Å²) in [5.41, 5.74) is -0.215. The first-order valence-electron chi connectivity index (χ1n) is 5.48. The lowest BCUT2D eigenvalue weighted by Gasteiger charge is -2.06. The molecule has 0 unspecified atom stereocenters. The van der Waals surface area contributed by atoms with Crippen molar-refractivity contribution < 1.29 is 23.8 Å². The molecule has 0 aliphatic carbocycles. The van der Waals surface area contributed by atoms with Gasteiger partial charge in [-0.2, -0.15) is 0 Å². The number of thiophene rings is 1. The fourth-order valence-corrected chi connectivity index (χ4v) is 2.33. The Morgan fingerprint density at radius 3 is 2.65 bits per heavy atom. The lowest BCUT2D eigenvalue weighted by Crippen LogP contribution is -2.14. The van der Waals surface area contributed by atoms with Crippen molar-refractivity contribution in [2.24, 2.45) is 0 Å². The average molecular weight is 295 g/mol.